The Morgan fingerprint density at radius 3 is 2.62 bits per heavy atom. The molecule has 0 aliphatic rings. The summed E-state index contributed by atoms with van der Waals surface area (Å²) in [6, 6.07) is 3.14. The molecule has 1 aromatic carbocycles. The van der Waals surface area contributed by atoms with Crippen molar-refractivity contribution < 1.29 is 33.1 Å². The van der Waals surface area contributed by atoms with Crippen molar-refractivity contribution >= 4 is 40.6 Å². The lowest BCUT2D eigenvalue weighted by atomic mass is 10.2. The second kappa shape index (κ2) is 11.8. The van der Waals surface area contributed by atoms with Gasteiger partial charge in [-0.25, -0.2) is 18.7 Å². The fraction of sp³-hybridized carbons (Fsp3) is 0.417. The van der Waals surface area contributed by atoms with E-state index in [4.69, 9.17) is 25.8 Å². The lowest BCUT2D eigenvalue weighted by molar-refractivity contribution is -0.386. The number of carbonyl (C=O) groups is 2. The van der Waals surface area contributed by atoms with E-state index >= 15 is 0 Å². The highest BCUT2D eigenvalue weighted by Gasteiger charge is 2.25. The highest BCUT2D eigenvalue weighted by atomic mass is 35.5. The molecule has 210 valence electrons. The molecular formula is C24H28ClFN6O7. The zero-order chi connectivity index (χ0) is 29.1. The van der Waals surface area contributed by atoms with Gasteiger partial charge < -0.3 is 19.5 Å². The number of hydrogen-bond acceptors (Lipinski definition) is 9. The molecule has 0 saturated carbocycles. The molecule has 0 saturated heterocycles. The summed E-state index contributed by atoms with van der Waals surface area (Å²) >= 11 is 6.17. The number of fused-ring (bicyclic) bond motifs is 1. The second-order valence-corrected chi connectivity index (χ2v) is 9.93. The van der Waals surface area contributed by atoms with E-state index in [1.54, 1.807) is 27.7 Å². The Labute approximate surface area is 227 Å². The first-order chi connectivity index (χ1) is 18.2. The average molecular weight is 567 g/mol. The van der Waals surface area contributed by atoms with Crippen LogP contribution in [0.15, 0.2) is 24.4 Å². The molecule has 3 rings (SSSR count). The van der Waals surface area contributed by atoms with Crippen molar-refractivity contribution in [2.75, 3.05) is 25.7 Å². The van der Waals surface area contributed by atoms with Crippen LogP contribution in [0.2, 0.25) is 5.15 Å². The predicted octanol–water partition coefficient (Wildman–Crippen LogP) is 4.15. The second-order valence-electron chi connectivity index (χ2n) is 9.55. The van der Waals surface area contributed by atoms with Gasteiger partial charge in [0.25, 0.3) is 5.91 Å². The number of methoxy groups -OCH3 is 1. The molecule has 13 nitrogen and oxygen atoms in total. The number of rotatable bonds is 9. The maximum Gasteiger partial charge on any atom is 0.414 e. The van der Waals surface area contributed by atoms with E-state index in [1.165, 1.54) is 28.7 Å². The Morgan fingerprint density at radius 2 is 2.00 bits per heavy atom. The summed E-state index contributed by atoms with van der Waals surface area (Å²) in [7, 11) is 2.62. The van der Waals surface area contributed by atoms with Gasteiger partial charge in [-0.05, 0) is 39.3 Å². The van der Waals surface area contributed by atoms with Gasteiger partial charge in [-0.3, -0.25) is 19.8 Å². The van der Waals surface area contributed by atoms with Gasteiger partial charge in [0.05, 0.1) is 37.1 Å². The van der Waals surface area contributed by atoms with Crippen LogP contribution in [0.1, 0.15) is 43.7 Å². The van der Waals surface area contributed by atoms with Crippen LogP contribution in [0.25, 0.3) is 5.65 Å². The van der Waals surface area contributed by atoms with Crippen LogP contribution in [0, 0.1) is 15.9 Å². The van der Waals surface area contributed by atoms with Crippen LogP contribution in [-0.2, 0) is 16.1 Å². The Balaban J connectivity index is 1.69. The lowest BCUT2D eigenvalue weighted by Gasteiger charge is -2.24. The number of ether oxygens (including phenoxy) is 3. The standard InChI is InChI=1S/C24H28ClFN6O7/c1-13(11-38-12-14-7-15(26)20(37-6)16(8-14)32(35)36)28-22(33)18-10-27-21-17(9-19(25)29-31(18)21)30(5)23(34)39-24(2,3)4/h7-10,13H,11-12H2,1-6H3,(H,28,33)/t13-/m1/s1. The Morgan fingerprint density at radius 1 is 1.31 bits per heavy atom. The number of amides is 2. The van der Waals surface area contributed by atoms with E-state index in [2.05, 4.69) is 15.4 Å². The number of aromatic nitrogens is 3. The number of nitrogens with one attached hydrogen (secondary N) is 1. The quantitative estimate of drug-likeness (QED) is 0.297. The molecule has 3 aromatic rings. The Bertz CT molecular complexity index is 1410. The van der Waals surface area contributed by atoms with Crippen molar-refractivity contribution in [2.24, 2.45) is 0 Å². The molecule has 2 heterocycles. The molecule has 0 bridgehead atoms. The number of hydrogen-bond donors (Lipinski definition) is 1. The number of nitro benzene ring substituents is 1. The maximum absolute atomic E-state index is 14.1. The fourth-order valence-corrected chi connectivity index (χ4v) is 3.68. The first-order valence-corrected chi connectivity index (χ1v) is 12.0. The maximum atomic E-state index is 14.1. The van der Waals surface area contributed by atoms with Crippen molar-refractivity contribution in [3.05, 3.63) is 56.7 Å². The summed E-state index contributed by atoms with van der Waals surface area (Å²) < 4.78 is 31.0. The van der Waals surface area contributed by atoms with E-state index in [0.717, 1.165) is 19.2 Å². The van der Waals surface area contributed by atoms with E-state index in [-0.39, 0.29) is 41.0 Å². The number of imidazole rings is 1. The van der Waals surface area contributed by atoms with Gasteiger partial charge in [0, 0.05) is 25.2 Å². The third kappa shape index (κ3) is 7.09. The number of anilines is 1. The SMILES string of the molecule is COc1c(F)cc(COC[C@@H](C)NC(=O)c2cnc3c(N(C)C(=O)OC(C)(C)C)cc(Cl)nn23)cc1[N+](=O)[O-]. The molecule has 0 aliphatic carbocycles. The Kier molecular flexibility index (Phi) is 8.92. The van der Waals surface area contributed by atoms with E-state index in [1.807, 2.05) is 0 Å². The van der Waals surface area contributed by atoms with Gasteiger partial charge in [-0.15, -0.1) is 0 Å². The van der Waals surface area contributed by atoms with Gasteiger partial charge in [-0.2, -0.15) is 5.10 Å². The van der Waals surface area contributed by atoms with Gasteiger partial charge in [-0.1, -0.05) is 11.6 Å². The van der Waals surface area contributed by atoms with E-state index in [9.17, 15) is 24.1 Å². The Hall–Kier alpha value is -4.04. The monoisotopic (exact) mass is 566 g/mol. The third-order valence-electron chi connectivity index (χ3n) is 5.18. The average Bonchev–Trinajstić information content (AvgIpc) is 3.25. The zero-order valence-corrected chi connectivity index (χ0v) is 22.9. The van der Waals surface area contributed by atoms with E-state index in [0.29, 0.717) is 0 Å². The van der Waals surface area contributed by atoms with Crippen molar-refractivity contribution in [1.82, 2.24) is 19.9 Å². The molecular weight excluding hydrogens is 539 g/mol. The lowest BCUT2D eigenvalue weighted by Crippen LogP contribution is -2.36. The minimum absolute atomic E-state index is 0.00470. The largest absolute Gasteiger partial charge is 0.488 e. The highest BCUT2D eigenvalue weighted by molar-refractivity contribution is 6.29. The molecule has 0 unspecified atom stereocenters. The molecule has 0 fully saturated rings. The van der Waals surface area contributed by atoms with Gasteiger partial charge in [0.1, 0.15) is 5.60 Å². The number of halogens is 2. The smallest absolute Gasteiger partial charge is 0.414 e. The highest BCUT2D eigenvalue weighted by Crippen LogP contribution is 2.31. The molecule has 0 aliphatic heterocycles. The molecule has 2 amide bonds. The minimum Gasteiger partial charge on any atom is -0.488 e. The van der Waals surface area contributed by atoms with Crippen LogP contribution < -0.4 is 15.0 Å². The zero-order valence-electron chi connectivity index (χ0n) is 22.2. The van der Waals surface area contributed by atoms with Gasteiger partial charge >= 0.3 is 11.8 Å². The molecule has 0 radical (unpaired) electrons. The summed E-state index contributed by atoms with van der Waals surface area (Å²) in [6.07, 6.45) is 0.640. The first-order valence-electron chi connectivity index (χ1n) is 11.6. The van der Waals surface area contributed by atoms with Crippen LogP contribution in [-0.4, -0.2) is 63.9 Å². The number of carbonyl (C=O) groups excluding carboxylic acids is 2. The number of nitro groups is 1. The van der Waals surface area contributed by atoms with Gasteiger partial charge in [0.15, 0.2) is 22.3 Å². The van der Waals surface area contributed by atoms with Crippen LogP contribution in [0.4, 0.5) is 20.6 Å². The number of nitrogens with zero attached hydrogens (tertiary/aromatic N) is 5. The number of benzene rings is 1. The summed E-state index contributed by atoms with van der Waals surface area (Å²) in [5, 5.41) is 18.1. The molecule has 2 aromatic heterocycles. The van der Waals surface area contributed by atoms with Crippen molar-refractivity contribution in [3.63, 3.8) is 0 Å². The molecule has 0 spiro atoms. The van der Waals surface area contributed by atoms with Crippen LogP contribution >= 0.6 is 11.6 Å². The molecule has 15 heteroatoms. The minimum atomic E-state index is -0.887. The summed E-state index contributed by atoms with van der Waals surface area (Å²) in [6.45, 7) is 6.72. The third-order valence-corrected chi connectivity index (χ3v) is 5.36. The summed E-state index contributed by atoms with van der Waals surface area (Å²) in [5.41, 5.74) is -0.502. The topological polar surface area (TPSA) is 150 Å². The molecule has 39 heavy (non-hydrogen) atoms. The van der Waals surface area contributed by atoms with Crippen molar-refractivity contribution in [1.29, 1.82) is 0 Å². The van der Waals surface area contributed by atoms with E-state index < -0.39 is 45.8 Å². The predicted molar refractivity (Wildman–Crippen MR) is 139 cm³/mol. The fourth-order valence-electron chi connectivity index (χ4n) is 3.50. The van der Waals surface area contributed by atoms with Crippen molar-refractivity contribution in [3.8, 4) is 5.75 Å². The molecule has 1 N–H and O–H groups in total. The molecule has 1 atom stereocenters. The normalized spacial score (nSPS) is 12.2. The summed E-state index contributed by atoms with van der Waals surface area (Å²) in [5.74, 6) is -1.90. The van der Waals surface area contributed by atoms with Crippen LogP contribution in [0.5, 0.6) is 5.75 Å². The van der Waals surface area contributed by atoms with Crippen LogP contribution in [0.3, 0.4) is 0 Å². The summed E-state index contributed by atoms with van der Waals surface area (Å²) in [4.78, 5) is 41.4. The van der Waals surface area contributed by atoms with Gasteiger partial charge in [0.2, 0.25) is 5.75 Å². The van der Waals surface area contributed by atoms with Crippen molar-refractivity contribution in [2.45, 2.75) is 45.9 Å². The first kappa shape index (κ1) is 29.5.